The van der Waals surface area contributed by atoms with Gasteiger partial charge < -0.3 is 10.6 Å². The SMILES string of the molecule is CN=C(NCCS(=O)(=O)C(C)(C)C)NC(C)CCCC(C)C.I. The van der Waals surface area contributed by atoms with Gasteiger partial charge in [0.1, 0.15) is 0 Å². The summed E-state index contributed by atoms with van der Waals surface area (Å²) < 4.78 is 23.4. The van der Waals surface area contributed by atoms with Crippen LogP contribution in [-0.4, -0.2) is 44.5 Å². The lowest BCUT2D eigenvalue weighted by molar-refractivity contribution is 0.491. The van der Waals surface area contributed by atoms with Crippen molar-refractivity contribution in [3.05, 3.63) is 0 Å². The predicted octanol–water partition coefficient (Wildman–Crippen LogP) is 3.20. The maximum absolute atomic E-state index is 12.0. The first-order chi connectivity index (χ1) is 9.99. The van der Waals surface area contributed by atoms with Gasteiger partial charge in [-0.25, -0.2) is 8.42 Å². The molecule has 0 aliphatic heterocycles. The zero-order valence-electron chi connectivity index (χ0n) is 15.8. The van der Waals surface area contributed by atoms with E-state index >= 15 is 0 Å². The molecule has 0 heterocycles. The molecule has 0 aliphatic carbocycles. The van der Waals surface area contributed by atoms with Crippen LogP contribution in [0.1, 0.15) is 60.8 Å². The molecule has 7 heteroatoms. The molecule has 0 rings (SSSR count). The molecule has 140 valence electrons. The normalized spacial score (nSPS) is 14.3. The molecule has 0 radical (unpaired) electrons. The van der Waals surface area contributed by atoms with Crippen LogP contribution in [0.2, 0.25) is 0 Å². The fourth-order valence-corrected chi connectivity index (χ4v) is 2.93. The van der Waals surface area contributed by atoms with Crippen LogP contribution in [0, 0.1) is 5.92 Å². The zero-order valence-corrected chi connectivity index (χ0v) is 18.9. The monoisotopic (exact) mass is 461 g/mol. The molecule has 0 saturated heterocycles. The Morgan fingerprint density at radius 3 is 2.13 bits per heavy atom. The Kier molecular flexibility index (Phi) is 12.6. The van der Waals surface area contributed by atoms with E-state index in [1.54, 1.807) is 27.8 Å². The highest BCUT2D eigenvalue weighted by atomic mass is 127. The molecule has 0 aromatic heterocycles. The first-order valence-electron chi connectivity index (χ1n) is 8.19. The third-order valence-corrected chi connectivity index (χ3v) is 6.23. The Morgan fingerprint density at radius 1 is 1.13 bits per heavy atom. The summed E-state index contributed by atoms with van der Waals surface area (Å²) in [4.78, 5) is 4.15. The largest absolute Gasteiger partial charge is 0.355 e. The van der Waals surface area contributed by atoms with E-state index in [1.165, 1.54) is 12.8 Å². The van der Waals surface area contributed by atoms with E-state index < -0.39 is 14.6 Å². The Balaban J connectivity index is 0. The predicted molar refractivity (Wildman–Crippen MR) is 112 cm³/mol. The van der Waals surface area contributed by atoms with Gasteiger partial charge in [0.25, 0.3) is 0 Å². The van der Waals surface area contributed by atoms with Crippen LogP contribution in [0.4, 0.5) is 0 Å². The van der Waals surface area contributed by atoms with Crippen molar-refractivity contribution in [2.24, 2.45) is 10.9 Å². The van der Waals surface area contributed by atoms with Gasteiger partial charge in [-0.1, -0.05) is 26.7 Å². The number of aliphatic imine (C=N–C) groups is 1. The molecule has 0 amide bonds. The minimum atomic E-state index is -3.10. The van der Waals surface area contributed by atoms with Crippen molar-refractivity contribution < 1.29 is 8.42 Å². The van der Waals surface area contributed by atoms with Crippen molar-refractivity contribution in [3.63, 3.8) is 0 Å². The second-order valence-electron chi connectivity index (χ2n) is 7.30. The maximum atomic E-state index is 12.0. The van der Waals surface area contributed by atoms with E-state index in [0.717, 1.165) is 12.3 Å². The first-order valence-corrected chi connectivity index (χ1v) is 9.84. The van der Waals surface area contributed by atoms with E-state index in [4.69, 9.17) is 0 Å². The molecule has 0 fully saturated rings. The van der Waals surface area contributed by atoms with Gasteiger partial charge >= 0.3 is 0 Å². The molecule has 0 saturated carbocycles. The number of rotatable bonds is 8. The average Bonchev–Trinajstić information content (AvgIpc) is 2.35. The van der Waals surface area contributed by atoms with Gasteiger partial charge in [0.15, 0.2) is 15.8 Å². The first kappa shape index (κ1) is 25.2. The molecule has 0 aromatic carbocycles. The Hall–Kier alpha value is -0.0500. The van der Waals surface area contributed by atoms with E-state index in [-0.39, 0.29) is 29.7 Å². The number of nitrogens with zero attached hydrogens (tertiary/aromatic N) is 1. The quantitative estimate of drug-likeness (QED) is 0.331. The Bertz CT molecular complexity index is 443. The van der Waals surface area contributed by atoms with Gasteiger partial charge in [0.2, 0.25) is 0 Å². The Morgan fingerprint density at radius 2 is 1.70 bits per heavy atom. The third kappa shape index (κ3) is 11.2. The highest BCUT2D eigenvalue weighted by molar-refractivity contribution is 14.0. The molecule has 1 atom stereocenters. The molecule has 0 aromatic rings. The summed E-state index contributed by atoms with van der Waals surface area (Å²) in [6, 6.07) is 0.323. The van der Waals surface area contributed by atoms with E-state index in [0.29, 0.717) is 18.5 Å². The van der Waals surface area contributed by atoms with Crippen LogP contribution in [0.15, 0.2) is 4.99 Å². The lowest BCUT2D eigenvalue weighted by atomic mass is 10.0. The number of nitrogens with one attached hydrogen (secondary N) is 2. The number of halogens is 1. The van der Waals surface area contributed by atoms with Gasteiger partial charge in [-0.15, -0.1) is 24.0 Å². The van der Waals surface area contributed by atoms with Crippen LogP contribution in [0.3, 0.4) is 0 Å². The molecule has 0 bridgehead atoms. The molecule has 2 N–H and O–H groups in total. The number of guanidine groups is 1. The lowest BCUT2D eigenvalue weighted by Gasteiger charge is -2.21. The minimum absolute atomic E-state index is 0. The topological polar surface area (TPSA) is 70.6 Å². The van der Waals surface area contributed by atoms with Crippen molar-refractivity contribution in [1.82, 2.24) is 10.6 Å². The zero-order chi connectivity index (χ0) is 17.4. The summed E-state index contributed by atoms with van der Waals surface area (Å²) >= 11 is 0. The second kappa shape index (κ2) is 11.5. The molecular weight excluding hydrogens is 425 g/mol. The minimum Gasteiger partial charge on any atom is -0.355 e. The number of hydrogen-bond acceptors (Lipinski definition) is 3. The molecule has 1 unspecified atom stereocenters. The summed E-state index contributed by atoms with van der Waals surface area (Å²) in [5.74, 6) is 1.51. The molecule has 0 aliphatic rings. The van der Waals surface area contributed by atoms with Gasteiger partial charge in [-0.3, -0.25) is 4.99 Å². The number of hydrogen-bond donors (Lipinski definition) is 2. The van der Waals surface area contributed by atoms with Crippen molar-refractivity contribution in [3.8, 4) is 0 Å². The second-order valence-corrected chi connectivity index (χ2v) is 10.2. The fourth-order valence-electron chi connectivity index (χ4n) is 1.94. The summed E-state index contributed by atoms with van der Waals surface area (Å²) in [6.07, 6.45) is 3.49. The van der Waals surface area contributed by atoms with Crippen LogP contribution < -0.4 is 10.6 Å². The number of sulfone groups is 1. The van der Waals surface area contributed by atoms with Crippen molar-refractivity contribution >= 4 is 39.8 Å². The van der Waals surface area contributed by atoms with Crippen molar-refractivity contribution in [2.45, 2.75) is 71.6 Å². The van der Waals surface area contributed by atoms with Crippen LogP contribution in [0.25, 0.3) is 0 Å². The molecule has 23 heavy (non-hydrogen) atoms. The van der Waals surface area contributed by atoms with Gasteiger partial charge in [-0.2, -0.15) is 0 Å². The third-order valence-electron chi connectivity index (χ3n) is 3.62. The fraction of sp³-hybridized carbons (Fsp3) is 0.938. The maximum Gasteiger partial charge on any atom is 0.191 e. The van der Waals surface area contributed by atoms with E-state index in [1.807, 2.05) is 0 Å². The van der Waals surface area contributed by atoms with Crippen LogP contribution in [0.5, 0.6) is 0 Å². The summed E-state index contributed by atoms with van der Waals surface area (Å²) in [6.45, 7) is 12.1. The Labute approximate surface area is 160 Å². The summed E-state index contributed by atoms with van der Waals surface area (Å²) in [5.41, 5.74) is 0. The molecule has 0 spiro atoms. The standard InChI is InChI=1S/C16H35N3O2S.HI/c1-13(2)9-8-10-14(3)19-15(17-7)18-11-12-22(20,21)16(4,5)6;/h13-14H,8-12H2,1-7H3,(H2,17,18,19);1H. The van der Waals surface area contributed by atoms with Gasteiger partial charge in [0.05, 0.1) is 10.5 Å². The highest BCUT2D eigenvalue weighted by Crippen LogP contribution is 2.15. The van der Waals surface area contributed by atoms with Crippen molar-refractivity contribution in [2.75, 3.05) is 19.3 Å². The van der Waals surface area contributed by atoms with E-state index in [2.05, 4.69) is 36.4 Å². The smallest absolute Gasteiger partial charge is 0.191 e. The van der Waals surface area contributed by atoms with Crippen LogP contribution in [-0.2, 0) is 9.84 Å². The van der Waals surface area contributed by atoms with Gasteiger partial charge in [0, 0.05) is 19.6 Å². The average molecular weight is 461 g/mol. The van der Waals surface area contributed by atoms with E-state index in [9.17, 15) is 8.42 Å². The molecular formula is C16H36IN3O2S. The lowest BCUT2D eigenvalue weighted by Crippen LogP contribution is -2.44. The van der Waals surface area contributed by atoms with Crippen molar-refractivity contribution in [1.29, 1.82) is 0 Å². The highest BCUT2D eigenvalue weighted by Gasteiger charge is 2.28. The summed E-state index contributed by atoms with van der Waals surface area (Å²) in [7, 11) is -1.40. The summed E-state index contributed by atoms with van der Waals surface area (Å²) in [5, 5.41) is 6.40. The molecule has 5 nitrogen and oxygen atoms in total. The van der Waals surface area contributed by atoms with Crippen LogP contribution >= 0.6 is 24.0 Å². The van der Waals surface area contributed by atoms with Gasteiger partial charge in [-0.05, 0) is 40.0 Å².